The van der Waals surface area contributed by atoms with Gasteiger partial charge in [0.1, 0.15) is 5.75 Å². The Kier molecular flexibility index (Phi) is 14.7. The van der Waals surface area contributed by atoms with Gasteiger partial charge in [-0.1, -0.05) is 32.4 Å². The molecule has 0 aliphatic carbocycles. The molecule has 1 unspecified atom stereocenters. The van der Waals surface area contributed by atoms with Gasteiger partial charge in [0, 0.05) is 6.61 Å². The average molecular weight is 511 g/mol. The van der Waals surface area contributed by atoms with Crippen LogP contribution < -0.4 is 4.74 Å². The molecule has 0 amide bonds. The number of aryl methyl sites for hydroxylation is 1. The van der Waals surface area contributed by atoms with Crippen molar-refractivity contribution in [3.05, 3.63) is 29.8 Å². The fraction of sp³-hybridized carbons (Fsp3) is 0.667. The number of carbonyl (C=O) groups is 3. The molecule has 1 aromatic carbocycles. The Morgan fingerprint density at radius 3 is 1.94 bits per heavy atom. The molecule has 1 aromatic rings. The van der Waals surface area contributed by atoms with E-state index in [9.17, 15) is 19.5 Å². The highest BCUT2D eigenvalue weighted by Crippen LogP contribution is 2.22. The van der Waals surface area contributed by atoms with E-state index in [-0.39, 0.29) is 26.4 Å². The number of hydrogen-bond donors (Lipinski definition) is 1. The van der Waals surface area contributed by atoms with Gasteiger partial charge in [0.2, 0.25) is 6.10 Å². The van der Waals surface area contributed by atoms with E-state index in [1.807, 2.05) is 24.3 Å². The zero-order chi connectivity index (χ0) is 27.0. The highest BCUT2D eigenvalue weighted by Gasteiger charge is 2.58. The molecule has 36 heavy (non-hydrogen) atoms. The zero-order valence-electron chi connectivity index (χ0n) is 22.2. The van der Waals surface area contributed by atoms with E-state index < -0.39 is 29.6 Å². The van der Waals surface area contributed by atoms with Crippen molar-refractivity contribution < 1.29 is 43.2 Å². The lowest BCUT2D eigenvalue weighted by Gasteiger charge is -2.30. The van der Waals surface area contributed by atoms with Crippen LogP contribution in [-0.4, -0.2) is 67.8 Å². The van der Waals surface area contributed by atoms with E-state index in [1.54, 1.807) is 6.92 Å². The lowest BCUT2D eigenvalue weighted by Crippen LogP contribution is -2.61. The molecule has 204 valence electrons. The second-order valence-electron chi connectivity index (χ2n) is 8.70. The fourth-order valence-electron chi connectivity index (χ4n) is 3.33. The van der Waals surface area contributed by atoms with Crippen molar-refractivity contribution in [2.75, 3.05) is 33.0 Å². The Labute approximate surface area is 214 Å². The molecule has 9 nitrogen and oxygen atoms in total. The summed E-state index contributed by atoms with van der Waals surface area (Å²) in [7, 11) is 0. The Morgan fingerprint density at radius 1 is 0.833 bits per heavy atom. The monoisotopic (exact) mass is 510 g/mol. The van der Waals surface area contributed by atoms with Crippen molar-refractivity contribution in [1.82, 2.24) is 0 Å². The molecule has 0 bridgehead atoms. The second-order valence-corrected chi connectivity index (χ2v) is 8.70. The topological polar surface area (TPSA) is 118 Å². The van der Waals surface area contributed by atoms with E-state index >= 15 is 0 Å². The van der Waals surface area contributed by atoms with Gasteiger partial charge in [-0.2, -0.15) is 0 Å². The fourth-order valence-corrected chi connectivity index (χ4v) is 3.33. The largest absolute Gasteiger partial charge is 0.494 e. The minimum atomic E-state index is -2.96. The first-order chi connectivity index (χ1) is 17.2. The lowest BCUT2D eigenvalue weighted by atomic mass is 9.96. The predicted molar refractivity (Wildman–Crippen MR) is 134 cm³/mol. The summed E-state index contributed by atoms with van der Waals surface area (Å²) in [6.07, 6.45) is 2.12. The van der Waals surface area contributed by atoms with Crippen LogP contribution in [-0.2, 0) is 39.8 Å². The molecule has 0 heterocycles. The molecule has 0 aromatic heterocycles. The normalized spacial score (nSPS) is 12.2. The van der Waals surface area contributed by atoms with Gasteiger partial charge in [0.15, 0.2) is 0 Å². The Bertz CT molecular complexity index is 771. The first-order valence-corrected chi connectivity index (χ1v) is 12.8. The van der Waals surface area contributed by atoms with Crippen LogP contribution in [0.1, 0.15) is 65.9 Å². The Morgan fingerprint density at radius 2 is 1.42 bits per heavy atom. The van der Waals surface area contributed by atoms with Crippen LogP contribution in [0, 0.1) is 5.92 Å². The van der Waals surface area contributed by atoms with Gasteiger partial charge in [0.25, 0.3) is 5.60 Å². The molecule has 9 heteroatoms. The second kappa shape index (κ2) is 16.9. The van der Waals surface area contributed by atoms with Gasteiger partial charge in [-0.05, 0) is 70.1 Å². The summed E-state index contributed by atoms with van der Waals surface area (Å²) >= 11 is 0. The highest BCUT2D eigenvalue weighted by molar-refractivity contribution is 6.08. The molecule has 0 aliphatic rings. The van der Waals surface area contributed by atoms with Crippen LogP contribution in [0.5, 0.6) is 5.75 Å². The molecule has 1 rings (SSSR count). The summed E-state index contributed by atoms with van der Waals surface area (Å²) in [4.78, 5) is 37.4. The van der Waals surface area contributed by atoms with Gasteiger partial charge in [-0.25, -0.2) is 14.4 Å². The third-order valence-electron chi connectivity index (χ3n) is 5.33. The van der Waals surface area contributed by atoms with E-state index in [0.29, 0.717) is 18.9 Å². The molecule has 0 spiro atoms. The van der Waals surface area contributed by atoms with Gasteiger partial charge in [0.05, 0.1) is 26.4 Å². The number of esters is 3. The van der Waals surface area contributed by atoms with Crippen molar-refractivity contribution in [3.63, 3.8) is 0 Å². The first-order valence-electron chi connectivity index (χ1n) is 12.8. The molecule has 0 saturated heterocycles. The minimum absolute atomic E-state index is 0.0211. The van der Waals surface area contributed by atoms with Gasteiger partial charge in [-0.15, -0.1) is 0 Å². The van der Waals surface area contributed by atoms with Crippen LogP contribution in [0.3, 0.4) is 0 Å². The lowest BCUT2D eigenvalue weighted by molar-refractivity contribution is -0.208. The number of benzene rings is 1. The van der Waals surface area contributed by atoms with Crippen molar-refractivity contribution >= 4 is 17.9 Å². The van der Waals surface area contributed by atoms with Gasteiger partial charge in [-0.3, -0.25) is 0 Å². The predicted octanol–water partition coefficient (Wildman–Crippen LogP) is 3.63. The summed E-state index contributed by atoms with van der Waals surface area (Å²) in [6.45, 7) is 9.38. The van der Waals surface area contributed by atoms with Crippen LogP contribution in [0.25, 0.3) is 0 Å². The van der Waals surface area contributed by atoms with Crippen LogP contribution in [0.4, 0.5) is 0 Å². The number of carbonyl (C=O) groups excluding carboxylic acids is 3. The Hall–Kier alpha value is -2.65. The Balaban J connectivity index is 2.64. The first kappa shape index (κ1) is 31.4. The molecule has 0 saturated carbocycles. The molecular formula is C27H42O9. The van der Waals surface area contributed by atoms with E-state index in [2.05, 4.69) is 13.8 Å². The van der Waals surface area contributed by atoms with Gasteiger partial charge >= 0.3 is 17.9 Å². The maximum atomic E-state index is 12.5. The molecule has 0 radical (unpaired) electrons. The number of unbranched alkanes of at least 4 members (excludes halogenated alkanes) is 2. The third kappa shape index (κ3) is 10.1. The van der Waals surface area contributed by atoms with Gasteiger partial charge < -0.3 is 28.8 Å². The molecular weight excluding hydrogens is 468 g/mol. The third-order valence-corrected chi connectivity index (χ3v) is 5.33. The molecule has 1 atom stereocenters. The summed E-state index contributed by atoms with van der Waals surface area (Å²) in [5.74, 6) is -2.23. The van der Waals surface area contributed by atoms with Crippen molar-refractivity contribution in [1.29, 1.82) is 0 Å². The summed E-state index contributed by atoms with van der Waals surface area (Å²) in [5.41, 5.74) is -1.78. The smallest absolute Gasteiger partial charge is 0.353 e. The zero-order valence-corrected chi connectivity index (χ0v) is 22.2. The minimum Gasteiger partial charge on any atom is -0.494 e. The average Bonchev–Trinajstić information content (AvgIpc) is 2.84. The highest BCUT2D eigenvalue weighted by atomic mass is 16.6. The van der Waals surface area contributed by atoms with Crippen LogP contribution in [0.15, 0.2) is 24.3 Å². The van der Waals surface area contributed by atoms with Crippen molar-refractivity contribution in [2.24, 2.45) is 5.92 Å². The van der Waals surface area contributed by atoms with E-state index in [1.165, 1.54) is 19.4 Å². The van der Waals surface area contributed by atoms with Crippen LogP contribution >= 0.6 is 0 Å². The SMILES string of the molecule is CCOC(=O)C(OCCCCCc1ccc(OCCC(C)C)cc1)C(O)(C(=O)OCC)C(=O)OCC. The standard InChI is InChI=1S/C27H42O9/c1-6-32-24(28)23(27(31,25(29)33-7-2)26(30)34-8-3)36-18-11-9-10-12-21-13-15-22(16-14-21)35-19-17-20(4)5/h13-16,20,23,31H,6-12,17-19H2,1-5H3. The summed E-state index contributed by atoms with van der Waals surface area (Å²) in [5, 5.41) is 10.9. The maximum Gasteiger partial charge on any atom is 0.353 e. The molecule has 1 N–H and O–H groups in total. The van der Waals surface area contributed by atoms with E-state index in [4.69, 9.17) is 23.7 Å². The van der Waals surface area contributed by atoms with Crippen molar-refractivity contribution in [2.45, 2.75) is 78.4 Å². The van der Waals surface area contributed by atoms with Crippen LogP contribution in [0.2, 0.25) is 0 Å². The molecule has 0 aliphatic heterocycles. The number of rotatable bonds is 18. The van der Waals surface area contributed by atoms with E-state index in [0.717, 1.165) is 31.4 Å². The summed E-state index contributed by atoms with van der Waals surface area (Å²) < 4.78 is 25.9. The number of ether oxygens (including phenoxy) is 5. The summed E-state index contributed by atoms with van der Waals surface area (Å²) in [6, 6.07) is 8.01. The quantitative estimate of drug-likeness (QED) is 0.137. The number of hydrogen-bond acceptors (Lipinski definition) is 9. The molecule has 0 fully saturated rings. The maximum absolute atomic E-state index is 12.5. The van der Waals surface area contributed by atoms with Crippen molar-refractivity contribution in [3.8, 4) is 5.75 Å². The number of aliphatic hydroxyl groups is 1.